The van der Waals surface area contributed by atoms with Gasteiger partial charge in [0, 0.05) is 23.8 Å². The molecule has 0 atom stereocenters. The molecule has 0 N–H and O–H groups in total. The summed E-state index contributed by atoms with van der Waals surface area (Å²) in [6.45, 7) is 3.40. The van der Waals surface area contributed by atoms with Gasteiger partial charge in [0.2, 0.25) is 0 Å². The monoisotopic (exact) mass is 271 g/mol. The summed E-state index contributed by atoms with van der Waals surface area (Å²) in [5, 5.41) is 3.97. The van der Waals surface area contributed by atoms with Crippen LogP contribution >= 0.6 is 23.1 Å². The molecule has 0 saturated carbocycles. The summed E-state index contributed by atoms with van der Waals surface area (Å²) >= 11 is 7.13. The summed E-state index contributed by atoms with van der Waals surface area (Å²) in [6, 6.07) is 6.37. The zero-order valence-electron chi connectivity index (χ0n) is 9.23. The maximum atomic E-state index is 12.8. The van der Waals surface area contributed by atoms with Crippen LogP contribution in [0.2, 0.25) is 4.34 Å². The molecule has 1 aromatic carbocycles. The zero-order chi connectivity index (χ0) is 12.3. The number of nitrogens with zero attached hydrogens (tertiary/aromatic N) is 3. The van der Waals surface area contributed by atoms with Crippen molar-refractivity contribution < 1.29 is 4.39 Å². The molecule has 0 bridgehead atoms. The lowest BCUT2D eigenvalue weighted by Crippen LogP contribution is -2.22. The predicted octanol–water partition coefficient (Wildman–Crippen LogP) is 3.36. The van der Waals surface area contributed by atoms with E-state index in [-0.39, 0.29) is 5.82 Å². The molecule has 17 heavy (non-hydrogen) atoms. The quantitative estimate of drug-likeness (QED) is 0.854. The van der Waals surface area contributed by atoms with Gasteiger partial charge in [-0.05, 0) is 31.2 Å². The Labute approximate surface area is 108 Å². The number of anilines is 1. The molecule has 0 unspecified atom stereocenters. The predicted molar refractivity (Wildman–Crippen MR) is 68.0 cm³/mol. The van der Waals surface area contributed by atoms with E-state index >= 15 is 0 Å². The minimum Gasteiger partial charge on any atom is -0.366 e. The van der Waals surface area contributed by atoms with Crippen molar-refractivity contribution in [1.82, 2.24) is 9.59 Å². The Hall–Kier alpha value is -1.20. The normalized spacial score (nSPS) is 10.5. The van der Waals surface area contributed by atoms with Crippen LogP contribution in [-0.4, -0.2) is 16.1 Å². The van der Waals surface area contributed by atoms with Crippen molar-refractivity contribution >= 4 is 28.8 Å². The van der Waals surface area contributed by atoms with Gasteiger partial charge in [-0.1, -0.05) is 16.1 Å². The van der Waals surface area contributed by atoms with Crippen LogP contribution in [0.4, 0.5) is 10.1 Å². The van der Waals surface area contributed by atoms with Crippen molar-refractivity contribution in [3.8, 4) is 0 Å². The lowest BCUT2D eigenvalue weighted by molar-refractivity contribution is 0.627. The molecule has 0 radical (unpaired) electrons. The first-order chi connectivity index (χ1) is 8.20. The Morgan fingerprint density at radius 1 is 1.35 bits per heavy atom. The van der Waals surface area contributed by atoms with Crippen LogP contribution in [0.5, 0.6) is 0 Å². The van der Waals surface area contributed by atoms with Crippen LogP contribution in [-0.2, 0) is 6.54 Å². The molecular formula is C11H11ClFN3S. The van der Waals surface area contributed by atoms with Gasteiger partial charge in [-0.15, -0.1) is 5.10 Å². The Bertz CT molecular complexity index is 486. The second-order valence-corrected chi connectivity index (χ2v) is 4.84. The van der Waals surface area contributed by atoms with Crippen molar-refractivity contribution in [2.75, 3.05) is 11.4 Å². The van der Waals surface area contributed by atoms with Crippen molar-refractivity contribution in [3.05, 3.63) is 40.1 Å². The topological polar surface area (TPSA) is 29.0 Å². The van der Waals surface area contributed by atoms with Gasteiger partial charge in [0.05, 0.1) is 6.54 Å². The Morgan fingerprint density at radius 2 is 2.06 bits per heavy atom. The largest absolute Gasteiger partial charge is 0.366 e. The van der Waals surface area contributed by atoms with Gasteiger partial charge < -0.3 is 4.90 Å². The molecule has 2 rings (SSSR count). The first kappa shape index (κ1) is 12.3. The molecule has 0 aliphatic heterocycles. The molecule has 0 aliphatic rings. The first-order valence-corrected chi connectivity index (χ1v) is 6.33. The highest BCUT2D eigenvalue weighted by Gasteiger charge is 2.11. The van der Waals surface area contributed by atoms with E-state index in [0.717, 1.165) is 17.9 Å². The minimum absolute atomic E-state index is 0.238. The van der Waals surface area contributed by atoms with Crippen LogP contribution < -0.4 is 4.90 Å². The lowest BCUT2D eigenvalue weighted by Gasteiger charge is -2.21. The van der Waals surface area contributed by atoms with Gasteiger partial charge in [0.1, 0.15) is 15.8 Å². The van der Waals surface area contributed by atoms with Gasteiger partial charge in [-0.2, -0.15) is 0 Å². The second-order valence-electron chi connectivity index (χ2n) is 3.48. The third kappa shape index (κ3) is 2.92. The fraction of sp³-hybridized carbons (Fsp3) is 0.273. The smallest absolute Gasteiger partial charge is 0.139 e. The number of rotatable bonds is 4. The summed E-state index contributed by atoms with van der Waals surface area (Å²) in [7, 11) is 0. The van der Waals surface area contributed by atoms with E-state index in [1.807, 2.05) is 6.92 Å². The molecule has 2 aromatic rings. The third-order valence-electron chi connectivity index (χ3n) is 2.42. The molecular weight excluding hydrogens is 261 g/mol. The van der Waals surface area contributed by atoms with Crippen molar-refractivity contribution in [2.24, 2.45) is 0 Å². The molecule has 0 fully saturated rings. The van der Waals surface area contributed by atoms with Gasteiger partial charge in [0.15, 0.2) is 0 Å². The molecule has 3 nitrogen and oxygen atoms in total. The number of benzene rings is 1. The molecule has 0 spiro atoms. The highest BCUT2D eigenvalue weighted by atomic mass is 35.5. The van der Waals surface area contributed by atoms with Crippen LogP contribution in [0.3, 0.4) is 0 Å². The van der Waals surface area contributed by atoms with E-state index in [9.17, 15) is 4.39 Å². The van der Waals surface area contributed by atoms with E-state index in [0.29, 0.717) is 10.9 Å². The number of halogens is 2. The number of hydrogen-bond donors (Lipinski definition) is 0. The summed E-state index contributed by atoms with van der Waals surface area (Å²) in [6.07, 6.45) is 0. The fourth-order valence-corrected chi connectivity index (χ4v) is 2.12. The summed E-state index contributed by atoms with van der Waals surface area (Å²) < 4.78 is 17.2. The maximum absolute atomic E-state index is 12.8. The van der Waals surface area contributed by atoms with Crippen molar-refractivity contribution in [2.45, 2.75) is 13.5 Å². The molecule has 90 valence electrons. The SMILES string of the molecule is CCN(Cc1nnsc1Cl)c1ccc(F)cc1. The van der Waals surface area contributed by atoms with Crippen molar-refractivity contribution in [3.63, 3.8) is 0 Å². The van der Waals surface area contributed by atoms with E-state index in [2.05, 4.69) is 14.5 Å². The molecule has 6 heteroatoms. The second kappa shape index (κ2) is 5.42. The van der Waals surface area contributed by atoms with E-state index in [1.165, 1.54) is 23.7 Å². The highest BCUT2D eigenvalue weighted by molar-refractivity contribution is 7.10. The van der Waals surface area contributed by atoms with Crippen LogP contribution in [0.1, 0.15) is 12.6 Å². The fourth-order valence-electron chi connectivity index (χ4n) is 1.51. The summed E-state index contributed by atoms with van der Waals surface area (Å²) in [5.41, 5.74) is 1.70. The maximum Gasteiger partial charge on any atom is 0.139 e. The lowest BCUT2D eigenvalue weighted by atomic mass is 10.2. The summed E-state index contributed by atoms with van der Waals surface area (Å²) in [4.78, 5) is 2.06. The third-order valence-corrected chi connectivity index (χ3v) is 3.41. The first-order valence-electron chi connectivity index (χ1n) is 5.18. The van der Waals surface area contributed by atoms with Gasteiger partial charge in [0.25, 0.3) is 0 Å². The van der Waals surface area contributed by atoms with E-state index in [4.69, 9.17) is 11.6 Å². The van der Waals surface area contributed by atoms with Crippen LogP contribution in [0.25, 0.3) is 0 Å². The van der Waals surface area contributed by atoms with Crippen molar-refractivity contribution in [1.29, 1.82) is 0 Å². The average molecular weight is 272 g/mol. The molecule has 0 saturated heterocycles. The van der Waals surface area contributed by atoms with Gasteiger partial charge in [-0.3, -0.25) is 0 Å². The zero-order valence-corrected chi connectivity index (χ0v) is 10.8. The van der Waals surface area contributed by atoms with Gasteiger partial charge >= 0.3 is 0 Å². The highest BCUT2D eigenvalue weighted by Crippen LogP contribution is 2.22. The standard InChI is InChI=1S/C11H11ClFN3S/c1-2-16(7-10-11(12)17-15-14-10)9-5-3-8(13)4-6-9/h3-6H,2,7H2,1H3. The Balaban J connectivity index is 2.17. The number of hydrogen-bond acceptors (Lipinski definition) is 4. The number of aromatic nitrogens is 2. The van der Waals surface area contributed by atoms with E-state index in [1.54, 1.807) is 12.1 Å². The minimum atomic E-state index is -0.238. The molecule has 1 heterocycles. The molecule has 0 amide bonds. The Kier molecular flexibility index (Phi) is 3.91. The van der Waals surface area contributed by atoms with Gasteiger partial charge in [-0.25, -0.2) is 4.39 Å². The summed E-state index contributed by atoms with van der Waals surface area (Å²) in [5.74, 6) is -0.238. The average Bonchev–Trinajstić information content (AvgIpc) is 2.73. The molecule has 1 aromatic heterocycles. The van der Waals surface area contributed by atoms with E-state index < -0.39 is 0 Å². The van der Waals surface area contributed by atoms with Crippen LogP contribution in [0, 0.1) is 5.82 Å². The van der Waals surface area contributed by atoms with Crippen LogP contribution in [0.15, 0.2) is 24.3 Å². The molecule has 0 aliphatic carbocycles. The Morgan fingerprint density at radius 3 is 2.59 bits per heavy atom.